The molecule has 2 N–H and O–H groups in total. The smallest absolute Gasteiger partial charge is 0.322 e. The maximum atomic E-state index is 12.4. The minimum atomic E-state index is -0.896. The largest absolute Gasteiger partial charge is 0.387 e. The third-order valence-corrected chi connectivity index (χ3v) is 3.68. The van der Waals surface area contributed by atoms with Crippen LogP contribution in [-0.2, 0) is 6.54 Å². The molecule has 0 aliphatic carbocycles. The molecule has 0 saturated carbocycles. The summed E-state index contributed by atoms with van der Waals surface area (Å²) in [7, 11) is 0. The number of aliphatic hydroxyl groups excluding tert-OH is 1. The molecule has 2 aromatic rings. The molecule has 1 aromatic heterocycles. The van der Waals surface area contributed by atoms with Gasteiger partial charge in [-0.15, -0.1) is 0 Å². The number of nitro groups is 1. The molecule has 8 heteroatoms. The van der Waals surface area contributed by atoms with E-state index in [0.29, 0.717) is 12.1 Å². The highest BCUT2D eigenvalue weighted by molar-refractivity contribution is 5.96. The lowest BCUT2D eigenvalue weighted by Gasteiger charge is -2.13. The van der Waals surface area contributed by atoms with E-state index in [2.05, 4.69) is 10.4 Å². The first-order valence-corrected chi connectivity index (χ1v) is 7.59. The van der Waals surface area contributed by atoms with Crippen molar-refractivity contribution in [1.29, 1.82) is 0 Å². The highest BCUT2D eigenvalue weighted by Crippen LogP contribution is 2.23. The molecule has 1 amide bonds. The van der Waals surface area contributed by atoms with Crippen LogP contribution < -0.4 is 5.32 Å². The molecule has 1 aromatic carbocycles. The fourth-order valence-electron chi connectivity index (χ4n) is 2.51. The van der Waals surface area contributed by atoms with Gasteiger partial charge in [0.05, 0.1) is 11.0 Å². The minimum absolute atomic E-state index is 0.0482. The maximum absolute atomic E-state index is 12.4. The van der Waals surface area contributed by atoms with Crippen molar-refractivity contribution in [3.63, 3.8) is 0 Å². The molecule has 1 atom stereocenters. The second-order valence-electron chi connectivity index (χ2n) is 5.50. The lowest BCUT2D eigenvalue weighted by molar-refractivity contribution is -0.385. The summed E-state index contributed by atoms with van der Waals surface area (Å²) in [5.41, 5.74) is 1.44. The zero-order chi connectivity index (χ0) is 17.9. The van der Waals surface area contributed by atoms with Crippen molar-refractivity contribution in [1.82, 2.24) is 15.1 Å². The predicted octanol–water partition coefficient (Wildman–Crippen LogP) is 1.89. The summed E-state index contributed by atoms with van der Waals surface area (Å²) < 4.78 is 1.29. The van der Waals surface area contributed by atoms with Crippen LogP contribution in [0.25, 0.3) is 0 Å². The second-order valence-corrected chi connectivity index (χ2v) is 5.50. The number of rotatable bonds is 6. The Bertz CT molecular complexity index is 769. The first-order valence-electron chi connectivity index (χ1n) is 7.59. The molecule has 2 rings (SSSR count). The number of aromatic nitrogens is 2. The Morgan fingerprint density at radius 3 is 2.75 bits per heavy atom. The monoisotopic (exact) mass is 332 g/mol. The third kappa shape index (κ3) is 3.60. The molecular formula is C16H20N4O4. The topological polar surface area (TPSA) is 110 Å². The number of aliphatic hydroxyl groups is 1. The summed E-state index contributed by atoms with van der Waals surface area (Å²) in [5, 5.41) is 27.9. The van der Waals surface area contributed by atoms with Crippen LogP contribution in [0, 0.1) is 24.0 Å². The van der Waals surface area contributed by atoms with Crippen LogP contribution in [0.5, 0.6) is 0 Å². The average molecular weight is 332 g/mol. The van der Waals surface area contributed by atoms with Crippen molar-refractivity contribution in [3.8, 4) is 0 Å². The number of nitrogens with one attached hydrogen (secondary N) is 1. The first-order chi connectivity index (χ1) is 11.3. The van der Waals surface area contributed by atoms with Crippen molar-refractivity contribution in [2.45, 2.75) is 33.4 Å². The van der Waals surface area contributed by atoms with E-state index < -0.39 is 16.9 Å². The van der Waals surface area contributed by atoms with Gasteiger partial charge in [0.1, 0.15) is 5.69 Å². The summed E-state index contributed by atoms with van der Waals surface area (Å²) in [5.74, 6) is -0.629. The first kappa shape index (κ1) is 17.6. The van der Waals surface area contributed by atoms with Gasteiger partial charge in [0.25, 0.3) is 5.91 Å². The van der Waals surface area contributed by atoms with Crippen LogP contribution in [0.1, 0.15) is 40.3 Å². The molecule has 0 fully saturated rings. The van der Waals surface area contributed by atoms with Gasteiger partial charge in [-0.05, 0) is 26.3 Å². The number of hydrogen-bond donors (Lipinski definition) is 2. The Balaban J connectivity index is 2.17. The average Bonchev–Trinajstić information content (AvgIpc) is 2.89. The number of benzene rings is 1. The van der Waals surface area contributed by atoms with Crippen LogP contribution in [0.2, 0.25) is 0 Å². The van der Waals surface area contributed by atoms with Crippen molar-refractivity contribution < 1.29 is 14.8 Å². The Hall–Kier alpha value is -2.74. The molecule has 0 aliphatic rings. The molecule has 1 heterocycles. The van der Waals surface area contributed by atoms with E-state index in [4.69, 9.17) is 0 Å². The molecular weight excluding hydrogens is 312 g/mol. The normalized spacial score (nSPS) is 12.0. The Labute approximate surface area is 139 Å². The van der Waals surface area contributed by atoms with Gasteiger partial charge in [-0.3, -0.25) is 19.6 Å². The Kier molecular flexibility index (Phi) is 5.30. The van der Waals surface area contributed by atoms with E-state index in [1.807, 2.05) is 25.1 Å². The summed E-state index contributed by atoms with van der Waals surface area (Å²) in [6.45, 7) is 5.42. The zero-order valence-electron chi connectivity index (χ0n) is 13.8. The van der Waals surface area contributed by atoms with Crippen molar-refractivity contribution in [2.24, 2.45) is 0 Å². The van der Waals surface area contributed by atoms with Crippen molar-refractivity contribution in [3.05, 3.63) is 56.9 Å². The molecule has 0 bridgehead atoms. The van der Waals surface area contributed by atoms with Gasteiger partial charge in [0, 0.05) is 13.1 Å². The highest BCUT2D eigenvalue weighted by atomic mass is 16.6. The van der Waals surface area contributed by atoms with E-state index in [1.54, 1.807) is 13.0 Å². The summed E-state index contributed by atoms with van der Waals surface area (Å²) in [6.07, 6.45) is -0.896. The summed E-state index contributed by atoms with van der Waals surface area (Å²) >= 11 is 0. The van der Waals surface area contributed by atoms with Gasteiger partial charge in [-0.25, -0.2) is 0 Å². The molecule has 0 aliphatic heterocycles. The van der Waals surface area contributed by atoms with Gasteiger partial charge >= 0.3 is 5.69 Å². The maximum Gasteiger partial charge on any atom is 0.322 e. The third-order valence-electron chi connectivity index (χ3n) is 3.68. The second kappa shape index (κ2) is 7.22. The standard InChI is InChI=1S/C16H20N4O4/c1-4-19-15(14(20(23)24)11(3)18-19)16(22)17-9-13(21)12-7-5-6-10(2)8-12/h5-8,13,21H,4,9H2,1-3H3,(H,17,22). The fraction of sp³-hybridized carbons (Fsp3) is 0.375. The number of hydrogen-bond acceptors (Lipinski definition) is 5. The predicted molar refractivity (Wildman–Crippen MR) is 87.8 cm³/mol. The number of aryl methyl sites for hydroxylation is 3. The Morgan fingerprint density at radius 1 is 1.46 bits per heavy atom. The fourth-order valence-corrected chi connectivity index (χ4v) is 2.51. The molecule has 24 heavy (non-hydrogen) atoms. The highest BCUT2D eigenvalue weighted by Gasteiger charge is 2.30. The number of carbonyl (C=O) groups excluding carboxylic acids is 1. The van der Waals surface area contributed by atoms with E-state index >= 15 is 0 Å². The van der Waals surface area contributed by atoms with Gasteiger partial charge in [0.15, 0.2) is 0 Å². The molecule has 1 unspecified atom stereocenters. The summed E-state index contributed by atoms with van der Waals surface area (Å²) in [4.78, 5) is 23.0. The van der Waals surface area contributed by atoms with E-state index in [1.165, 1.54) is 11.6 Å². The van der Waals surface area contributed by atoms with Crippen LogP contribution in [0.3, 0.4) is 0 Å². The van der Waals surface area contributed by atoms with Crippen molar-refractivity contribution in [2.75, 3.05) is 6.54 Å². The number of nitrogens with zero attached hydrogens (tertiary/aromatic N) is 3. The Morgan fingerprint density at radius 2 is 2.17 bits per heavy atom. The van der Waals surface area contributed by atoms with Gasteiger partial charge in [-0.1, -0.05) is 29.8 Å². The molecule has 128 valence electrons. The van der Waals surface area contributed by atoms with Crippen LogP contribution in [-0.4, -0.2) is 32.3 Å². The SMILES string of the molecule is CCn1nc(C)c([N+](=O)[O-])c1C(=O)NCC(O)c1cccc(C)c1. The zero-order valence-corrected chi connectivity index (χ0v) is 13.8. The van der Waals surface area contributed by atoms with Crippen molar-refractivity contribution >= 4 is 11.6 Å². The minimum Gasteiger partial charge on any atom is -0.387 e. The molecule has 0 spiro atoms. The van der Waals surface area contributed by atoms with Crippen LogP contribution in [0.4, 0.5) is 5.69 Å². The molecule has 0 radical (unpaired) electrons. The van der Waals surface area contributed by atoms with Crippen LogP contribution >= 0.6 is 0 Å². The van der Waals surface area contributed by atoms with Gasteiger partial charge < -0.3 is 10.4 Å². The van der Waals surface area contributed by atoms with E-state index in [9.17, 15) is 20.0 Å². The lowest BCUT2D eigenvalue weighted by Crippen LogP contribution is -2.30. The van der Waals surface area contributed by atoms with Crippen LogP contribution in [0.15, 0.2) is 24.3 Å². The number of amides is 1. The van der Waals surface area contributed by atoms with E-state index in [-0.39, 0.29) is 23.6 Å². The van der Waals surface area contributed by atoms with Gasteiger partial charge in [0.2, 0.25) is 5.69 Å². The quantitative estimate of drug-likeness (QED) is 0.620. The van der Waals surface area contributed by atoms with E-state index in [0.717, 1.165) is 5.56 Å². The molecule has 8 nitrogen and oxygen atoms in total. The van der Waals surface area contributed by atoms with Gasteiger partial charge in [-0.2, -0.15) is 5.10 Å². The number of carbonyl (C=O) groups is 1. The lowest BCUT2D eigenvalue weighted by atomic mass is 10.1. The summed E-state index contributed by atoms with van der Waals surface area (Å²) in [6, 6.07) is 7.29. The molecule has 0 saturated heterocycles.